The molecule has 90 valence electrons. The summed E-state index contributed by atoms with van der Waals surface area (Å²) in [4.78, 5) is 10.9. The molecule has 16 heavy (non-hydrogen) atoms. The molecule has 4 nitrogen and oxygen atoms in total. The van der Waals surface area contributed by atoms with Gasteiger partial charge in [-0.05, 0) is 33.8 Å². The van der Waals surface area contributed by atoms with Gasteiger partial charge in [0, 0.05) is 18.0 Å². The number of aliphatic carboxylic acids is 1. The van der Waals surface area contributed by atoms with Crippen LogP contribution in [-0.2, 0) is 10.5 Å². The first kappa shape index (κ1) is 13.1. The molecule has 5 heteroatoms. The van der Waals surface area contributed by atoms with E-state index in [4.69, 9.17) is 5.11 Å². The predicted octanol–water partition coefficient (Wildman–Crippen LogP) is 2.56. The molecule has 0 radical (unpaired) electrons. The highest BCUT2D eigenvalue weighted by molar-refractivity contribution is 8.00. The predicted molar refractivity (Wildman–Crippen MR) is 65.6 cm³/mol. The lowest BCUT2D eigenvalue weighted by atomic mass is 10.2. The minimum absolute atomic E-state index is 0.339. The van der Waals surface area contributed by atoms with E-state index in [9.17, 15) is 4.79 Å². The number of carbonyl (C=O) groups is 1. The van der Waals surface area contributed by atoms with Crippen LogP contribution in [0.2, 0.25) is 0 Å². The van der Waals surface area contributed by atoms with Crippen LogP contribution in [0, 0.1) is 0 Å². The molecule has 0 saturated heterocycles. The van der Waals surface area contributed by atoms with Gasteiger partial charge in [0.05, 0.1) is 5.69 Å². The van der Waals surface area contributed by atoms with Crippen molar-refractivity contribution in [1.82, 2.24) is 9.78 Å². The van der Waals surface area contributed by atoms with Crippen LogP contribution in [0.25, 0.3) is 0 Å². The Morgan fingerprint density at radius 1 is 1.62 bits per heavy atom. The summed E-state index contributed by atoms with van der Waals surface area (Å²) in [7, 11) is 0. The van der Waals surface area contributed by atoms with Crippen molar-refractivity contribution in [3.63, 3.8) is 0 Å². The van der Waals surface area contributed by atoms with Crippen LogP contribution >= 0.6 is 11.8 Å². The Kier molecular flexibility index (Phi) is 4.02. The lowest BCUT2D eigenvalue weighted by Gasteiger charge is -2.17. The molecule has 0 aliphatic rings. The fraction of sp³-hybridized carbons (Fsp3) is 0.636. The van der Waals surface area contributed by atoms with E-state index in [1.807, 2.05) is 16.9 Å². The molecule has 0 saturated carbocycles. The molecule has 0 aromatic carbocycles. The molecule has 0 atom stereocenters. The molecule has 0 fully saturated rings. The summed E-state index contributed by atoms with van der Waals surface area (Å²) in [6.07, 6.45) is 1.92. The molecule has 0 spiro atoms. The first-order valence-electron chi connectivity index (χ1n) is 5.24. The molecular formula is C11H18N2O2S. The summed E-state index contributed by atoms with van der Waals surface area (Å²) in [5.41, 5.74) is 0.924. The van der Waals surface area contributed by atoms with E-state index in [2.05, 4.69) is 18.9 Å². The van der Waals surface area contributed by atoms with E-state index in [1.54, 1.807) is 13.8 Å². The molecular weight excluding hydrogens is 224 g/mol. The normalized spacial score (nSPS) is 12.1. The van der Waals surface area contributed by atoms with E-state index in [1.165, 1.54) is 11.8 Å². The molecule has 1 N–H and O–H groups in total. The Hall–Kier alpha value is -0.970. The van der Waals surface area contributed by atoms with E-state index < -0.39 is 10.7 Å². The molecule has 1 aromatic rings. The van der Waals surface area contributed by atoms with Crippen molar-refractivity contribution in [1.29, 1.82) is 0 Å². The zero-order chi connectivity index (χ0) is 12.3. The highest BCUT2D eigenvalue weighted by Gasteiger charge is 2.27. The van der Waals surface area contributed by atoms with Crippen LogP contribution in [0.3, 0.4) is 0 Å². The number of carboxylic acids is 1. The quantitative estimate of drug-likeness (QED) is 0.862. The second kappa shape index (κ2) is 4.91. The Bertz CT molecular complexity index is 372. The van der Waals surface area contributed by atoms with Crippen molar-refractivity contribution >= 4 is 17.7 Å². The number of carboxylic acid groups (broad SMARTS) is 1. The summed E-state index contributed by atoms with van der Waals surface area (Å²) >= 11 is 1.39. The highest BCUT2D eigenvalue weighted by atomic mass is 32.2. The third-order valence-electron chi connectivity index (χ3n) is 2.29. The topological polar surface area (TPSA) is 55.1 Å². The summed E-state index contributed by atoms with van der Waals surface area (Å²) in [6, 6.07) is 2.27. The minimum atomic E-state index is -0.791. The second-order valence-corrected chi connectivity index (χ2v) is 6.08. The Balaban J connectivity index is 2.58. The van der Waals surface area contributed by atoms with Gasteiger partial charge in [0.15, 0.2) is 0 Å². The van der Waals surface area contributed by atoms with Crippen LogP contribution < -0.4 is 0 Å². The molecule has 1 aromatic heterocycles. The number of rotatable bonds is 5. The second-order valence-electron chi connectivity index (χ2n) is 4.48. The average molecular weight is 242 g/mol. The molecule has 0 aliphatic carbocycles. The fourth-order valence-electron chi connectivity index (χ4n) is 1.06. The van der Waals surface area contributed by atoms with Crippen LogP contribution in [0.5, 0.6) is 0 Å². The highest BCUT2D eigenvalue weighted by Crippen LogP contribution is 2.27. The van der Waals surface area contributed by atoms with Gasteiger partial charge in [0.25, 0.3) is 0 Å². The van der Waals surface area contributed by atoms with Crippen molar-refractivity contribution in [2.24, 2.45) is 0 Å². The Morgan fingerprint density at radius 3 is 2.69 bits per heavy atom. The molecule has 0 bridgehead atoms. The SMILES string of the molecule is CC(C)n1ccc(CSC(C)(C)C(=O)O)n1. The van der Waals surface area contributed by atoms with E-state index in [-0.39, 0.29) is 0 Å². The zero-order valence-corrected chi connectivity index (χ0v) is 10.9. The number of thioether (sulfide) groups is 1. The van der Waals surface area contributed by atoms with Crippen LogP contribution in [-0.4, -0.2) is 25.6 Å². The smallest absolute Gasteiger partial charge is 0.319 e. The summed E-state index contributed by atoms with van der Waals surface area (Å²) < 4.78 is 1.12. The van der Waals surface area contributed by atoms with E-state index in [0.717, 1.165) is 5.69 Å². The molecule has 1 rings (SSSR count). The van der Waals surface area contributed by atoms with Crippen LogP contribution in [0.15, 0.2) is 12.3 Å². The standard InChI is InChI=1S/C11H18N2O2S/c1-8(2)13-6-5-9(12-13)7-16-11(3,4)10(14)15/h5-6,8H,7H2,1-4H3,(H,14,15). The maximum Gasteiger partial charge on any atom is 0.319 e. The van der Waals surface area contributed by atoms with Gasteiger partial charge in [0.2, 0.25) is 0 Å². The van der Waals surface area contributed by atoms with Crippen molar-refractivity contribution in [2.45, 2.75) is 44.2 Å². The summed E-state index contributed by atoms with van der Waals surface area (Å²) in [5.74, 6) is -0.167. The lowest BCUT2D eigenvalue weighted by molar-refractivity contribution is -0.138. The van der Waals surface area contributed by atoms with Gasteiger partial charge in [0.1, 0.15) is 4.75 Å². The number of hydrogen-bond acceptors (Lipinski definition) is 3. The average Bonchev–Trinajstić information content (AvgIpc) is 2.63. The maximum atomic E-state index is 10.9. The summed E-state index contributed by atoms with van der Waals surface area (Å²) in [6.45, 7) is 7.54. The van der Waals surface area contributed by atoms with Crippen molar-refractivity contribution in [3.05, 3.63) is 18.0 Å². The lowest BCUT2D eigenvalue weighted by Crippen LogP contribution is -2.27. The van der Waals surface area contributed by atoms with Crippen LogP contribution in [0.4, 0.5) is 0 Å². The van der Waals surface area contributed by atoms with Gasteiger partial charge < -0.3 is 5.11 Å². The van der Waals surface area contributed by atoms with Gasteiger partial charge in [-0.2, -0.15) is 5.10 Å². The number of hydrogen-bond donors (Lipinski definition) is 1. The third kappa shape index (κ3) is 3.27. The summed E-state index contributed by atoms with van der Waals surface area (Å²) in [5, 5.41) is 13.3. The Morgan fingerprint density at radius 2 is 2.25 bits per heavy atom. The largest absolute Gasteiger partial charge is 0.480 e. The first-order chi connectivity index (χ1) is 7.33. The monoisotopic (exact) mass is 242 g/mol. The maximum absolute atomic E-state index is 10.9. The van der Waals surface area contributed by atoms with Gasteiger partial charge >= 0.3 is 5.97 Å². The van der Waals surface area contributed by atoms with E-state index >= 15 is 0 Å². The van der Waals surface area contributed by atoms with Crippen molar-refractivity contribution < 1.29 is 9.90 Å². The minimum Gasteiger partial charge on any atom is -0.480 e. The first-order valence-corrected chi connectivity index (χ1v) is 6.23. The van der Waals surface area contributed by atoms with Crippen LogP contribution in [0.1, 0.15) is 39.4 Å². The third-order valence-corrected chi connectivity index (χ3v) is 3.63. The van der Waals surface area contributed by atoms with Crippen molar-refractivity contribution in [3.8, 4) is 0 Å². The van der Waals surface area contributed by atoms with Crippen molar-refractivity contribution in [2.75, 3.05) is 0 Å². The molecule has 0 unspecified atom stereocenters. The molecule has 0 amide bonds. The number of aromatic nitrogens is 2. The van der Waals surface area contributed by atoms with E-state index in [0.29, 0.717) is 11.8 Å². The Labute approximate surface area is 100 Å². The van der Waals surface area contributed by atoms with Gasteiger partial charge in [-0.1, -0.05) is 0 Å². The van der Waals surface area contributed by atoms with Gasteiger partial charge in [-0.25, -0.2) is 0 Å². The van der Waals surface area contributed by atoms with Gasteiger partial charge in [-0.15, -0.1) is 11.8 Å². The molecule has 1 heterocycles. The zero-order valence-electron chi connectivity index (χ0n) is 10.1. The molecule has 0 aliphatic heterocycles. The van der Waals surface area contributed by atoms with Gasteiger partial charge in [-0.3, -0.25) is 9.48 Å². The number of nitrogens with zero attached hydrogens (tertiary/aromatic N) is 2. The fourth-order valence-corrected chi connectivity index (χ4v) is 1.84.